The molecule has 0 amide bonds. The fourth-order valence-electron chi connectivity index (χ4n) is 2.57. The lowest BCUT2D eigenvalue weighted by Crippen LogP contribution is -2.24. The van der Waals surface area contributed by atoms with Crippen LogP contribution in [0.4, 0.5) is 0 Å². The van der Waals surface area contributed by atoms with Crippen LogP contribution in [0.3, 0.4) is 0 Å². The molecule has 21 heavy (non-hydrogen) atoms. The van der Waals surface area contributed by atoms with Crippen molar-refractivity contribution in [3.8, 4) is 23.3 Å². The summed E-state index contributed by atoms with van der Waals surface area (Å²) in [5.74, 6) is 7.78. The first-order chi connectivity index (χ1) is 10.3. The molecule has 0 radical (unpaired) electrons. The summed E-state index contributed by atoms with van der Waals surface area (Å²) in [6.07, 6.45) is 7.57. The molecule has 1 unspecified atom stereocenters. The van der Waals surface area contributed by atoms with Gasteiger partial charge in [-0.05, 0) is 36.8 Å². The number of ether oxygens (including phenoxy) is 4. The monoisotopic (exact) mass is 282 g/mol. The summed E-state index contributed by atoms with van der Waals surface area (Å²) >= 11 is 0. The van der Waals surface area contributed by atoms with Gasteiger partial charge in [0, 0.05) is 18.1 Å². The number of benzene rings is 1. The molecule has 0 aromatic heterocycles. The van der Waals surface area contributed by atoms with E-state index >= 15 is 0 Å². The standard InChI is InChI=1S/C17H14O4/c1(3-13-5-6-15-16(11-13)19-12-18-15)4-14-7-9-17(21-14)8-2-10-20-17/h4-7,9,11H,2,8,10,12H2/b14-4+. The summed E-state index contributed by atoms with van der Waals surface area (Å²) in [5.41, 5.74) is 0.880. The molecule has 1 aromatic rings. The Balaban J connectivity index is 1.48. The molecule has 1 spiro atoms. The Morgan fingerprint density at radius 1 is 1.19 bits per heavy atom. The molecule has 0 N–H and O–H groups in total. The van der Waals surface area contributed by atoms with E-state index in [0.717, 1.165) is 42.3 Å². The zero-order chi connectivity index (χ0) is 14.1. The van der Waals surface area contributed by atoms with Gasteiger partial charge in [0.2, 0.25) is 12.6 Å². The second kappa shape index (κ2) is 4.87. The maximum absolute atomic E-state index is 5.80. The van der Waals surface area contributed by atoms with Gasteiger partial charge in [0.15, 0.2) is 11.5 Å². The van der Waals surface area contributed by atoms with Crippen LogP contribution in [0.2, 0.25) is 0 Å². The highest BCUT2D eigenvalue weighted by atomic mass is 16.7. The highest BCUT2D eigenvalue weighted by Crippen LogP contribution is 2.35. The van der Waals surface area contributed by atoms with Crippen LogP contribution in [0.5, 0.6) is 11.5 Å². The molecule has 1 aromatic carbocycles. The Labute approximate surface area is 123 Å². The van der Waals surface area contributed by atoms with Gasteiger partial charge in [-0.3, -0.25) is 0 Å². The molecule has 1 atom stereocenters. The van der Waals surface area contributed by atoms with Gasteiger partial charge >= 0.3 is 0 Å². The van der Waals surface area contributed by atoms with Crippen molar-refractivity contribution in [1.82, 2.24) is 0 Å². The Hall–Kier alpha value is -2.38. The summed E-state index contributed by atoms with van der Waals surface area (Å²) in [4.78, 5) is 0. The summed E-state index contributed by atoms with van der Waals surface area (Å²) < 4.78 is 22.0. The molecule has 4 nitrogen and oxygen atoms in total. The lowest BCUT2D eigenvalue weighted by molar-refractivity contribution is -0.135. The normalized spacial score (nSPS) is 27.0. The first kappa shape index (κ1) is 12.4. The Morgan fingerprint density at radius 2 is 2.14 bits per heavy atom. The highest BCUT2D eigenvalue weighted by Gasteiger charge is 2.38. The first-order valence-electron chi connectivity index (χ1n) is 6.97. The molecule has 1 saturated heterocycles. The number of rotatable bonds is 0. The predicted octanol–water partition coefficient (Wildman–Crippen LogP) is 2.74. The Kier molecular flexibility index (Phi) is 2.87. The van der Waals surface area contributed by atoms with Gasteiger partial charge in [-0.15, -0.1) is 0 Å². The molecule has 1 fully saturated rings. The smallest absolute Gasteiger partial charge is 0.231 e. The highest BCUT2D eigenvalue weighted by molar-refractivity contribution is 5.50. The van der Waals surface area contributed by atoms with Crippen LogP contribution < -0.4 is 9.47 Å². The number of hydrogen-bond donors (Lipinski definition) is 0. The predicted molar refractivity (Wildman–Crippen MR) is 75.7 cm³/mol. The number of allylic oxidation sites excluding steroid dienone is 2. The van der Waals surface area contributed by atoms with Crippen molar-refractivity contribution in [3.05, 3.63) is 47.7 Å². The fourth-order valence-corrected chi connectivity index (χ4v) is 2.57. The second-order valence-corrected chi connectivity index (χ2v) is 5.08. The van der Waals surface area contributed by atoms with Gasteiger partial charge < -0.3 is 18.9 Å². The van der Waals surface area contributed by atoms with Crippen LogP contribution in [-0.4, -0.2) is 19.2 Å². The van der Waals surface area contributed by atoms with Crippen LogP contribution in [0.15, 0.2) is 42.2 Å². The van der Waals surface area contributed by atoms with Gasteiger partial charge in [-0.25, -0.2) is 0 Å². The third kappa shape index (κ3) is 2.37. The maximum atomic E-state index is 5.80. The minimum atomic E-state index is -0.535. The lowest BCUT2D eigenvalue weighted by atomic mass is 10.2. The van der Waals surface area contributed by atoms with Crippen LogP contribution in [0, 0.1) is 11.8 Å². The minimum Gasteiger partial charge on any atom is -0.458 e. The first-order valence-corrected chi connectivity index (χ1v) is 6.97. The van der Waals surface area contributed by atoms with Crippen molar-refractivity contribution < 1.29 is 18.9 Å². The molecule has 0 aliphatic carbocycles. The van der Waals surface area contributed by atoms with Gasteiger partial charge in [-0.2, -0.15) is 0 Å². The van der Waals surface area contributed by atoms with Crippen LogP contribution in [0.25, 0.3) is 0 Å². The van der Waals surface area contributed by atoms with E-state index in [0.29, 0.717) is 0 Å². The van der Waals surface area contributed by atoms with E-state index in [1.165, 1.54) is 0 Å². The van der Waals surface area contributed by atoms with Crippen LogP contribution in [-0.2, 0) is 9.47 Å². The average molecular weight is 282 g/mol. The summed E-state index contributed by atoms with van der Waals surface area (Å²) in [7, 11) is 0. The maximum Gasteiger partial charge on any atom is 0.231 e. The Bertz CT molecular complexity index is 684. The molecular formula is C17H14O4. The second-order valence-electron chi connectivity index (χ2n) is 5.08. The van der Waals surface area contributed by atoms with Crippen LogP contribution in [0.1, 0.15) is 18.4 Å². The molecule has 0 saturated carbocycles. The van der Waals surface area contributed by atoms with E-state index in [1.807, 2.05) is 30.4 Å². The Morgan fingerprint density at radius 3 is 3.05 bits per heavy atom. The minimum absolute atomic E-state index is 0.275. The molecule has 0 bridgehead atoms. The summed E-state index contributed by atoms with van der Waals surface area (Å²) in [6.45, 7) is 1.03. The average Bonchev–Trinajstić information content (AvgIpc) is 3.22. The third-order valence-electron chi connectivity index (χ3n) is 3.61. The number of hydrogen-bond acceptors (Lipinski definition) is 4. The van der Waals surface area contributed by atoms with Crippen molar-refractivity contribution in [1.29, 1.82) is 0 Å². The fraction of sp³-hybridized carbons (Fsp3) is 0.294. The van der Waals surface area contributed by atoms with E-state index in [1.54, 1.807) is 6.08 Å². The molecule has 4 rings (SSSR count). The van der Waals surface area contributed by atoms with Gasteiger partial charge in [0.25, 0.3) is 0 Å². The van der Waals surface area contributed by atoms with E-state index < -0.39 is 5.79 Å². The van der Waals surface area contributed by atoms with Gasteiger partial charge in [0.05, 0.1) is 6.61 Å². The van der Waals surface area contributed by atoms with Crippen molar-refractivity contribution >= 4 is 0 Å². The van der Waals surface area contributed by atoms with Crippen LogP contribution >= 0.6 is 0 Å². The summed E-state index contributed by atoms with van der Waals surface area (Å²) in [6, 6.07) is 5.65. The number of fused-ring (bicyclic) bond motifs is 1. The van der Waals surface area contributed by atoms with Gasteiger partial charge in [0.1, 0.15) is 5.76 Å². The topological polar surface area (TPSA) is 36.9 Å². The van der Waals surface area contributed by atoms with Crippen molar-refractivity contribution in [2.45, 2.75) is 18.6 Å². The van der Waals surface area contributed by atoms with Crippen molar-refractivity contribution in [3.63, 3.8) is 0 Å². The molecule has 3 heterocycles. The molecule has 3 aliphatic heterocycles. The molecule has 3 aliphatic rings. The van der Waals surface area contributed by atoms with E-state index in [-0.39, 0.29) is 6.79 Å². The zero-order valence-corrected chi connectivity index (χ0v) is 11.4. The zero-order valence-electron chi connectivity index (χ0n) is 11.4. The van der Waals surface area contributed by atoms with E-state index in [2.05, 4.69) is 11.8 Å². The third-order valence-corrected chi connectivity index (χ3v) is 3.61. The largest absolute Gasteiger partial charge is 0.458 e. The molecular weight excluding hydrogens is 268 g/mol. The van der Waals surface area contributed by atoms with E-state index in [4.69, 9.17) is 18.9 Å². The van der Waals surface area contributed by atoms with E-state index in [9.17, 15) is 0 Å². The van der Waals surface area contributed by atoms with Crippen molar-refractivity contribution in [2.24, 2.45) is 0 Å². The molecule has 106 valence electrons. The summed E-state index contributed by atoms with van der Waals surface area (Å²) in [5, 5.41) is 0. The lowest BCUT2D eigenvalue weighted by Gasteiger charge is -2.20. The quantitative estimate of drug-likeness (QED) is 0.686. The SMILES string of the molecule is C(#Cc1ccc2c(c1)OCO2)/C=C1\C=CC2(CCCO2)O1. The van der Waals surface area contributed by atoms with Gasteiger partial charge in [-0.1, -0.05) is 11.8 Å². The van der Waals surface area contributed by atoms with Crippen molar-refractivity contribution in [2.75, 3.05) is 13.4 Å². The molecule has 4 heteroatoms.